The van der Waals surface area contributed by atoms with Crippen LogP contribution in [0.5, 0.6) is 0 Å². The number of hydrogen-bond donors (Lipinski definition) is 3. The molecule has 1 rings (SSSR count). The molecular weight excluding hydrogens is 312 g/mol. The summed E-state index contributed by atoms with van der Waals surface area (Å²) in [5, 5.41) is 16.1. The molecule has 0 spiro atoms. The van der Waals surface area contributed by atoms with Gasteiger partial charge in [0.2, 0.25) is 15.9 Å². The highest BCUT2D eigenvalue weighted by Crippen LogP contribution is 2.15. The molecule has 0 radical (unpaired) electrons. The quantitative estimate of drug-likeness (QED) is 0.657. The molecule has 0 aliphatic carbocycles. The molecule has 1 amide bonds. The summed E-state index contributed by atoms with van der Waals surface area (Å²) >= 11 is 1.46. The molecule has 1 aromatic heterocycles. The monoisotopic (exact) mass is 334 g/mol. The molecular formula is C13H22N2O4S2. The largest absolute Gasteiger partial charge is 0.387 e. The van der Waals surface area contributed by atoms with Gasteiger partial charge in [0, 0.05) is 6.54 Å². The Morgan fingerprint density at radius 3 is 2.57 bits per heavy atom. The van der Waals surface area contributed by atoms with Crippen molar-refractivity contribution >= 4 is 27.3 Å². The number of aliphatic hydroxyl groups is 1. The van der Waals surface area contributed by atoms with E-state index in [1.807, 2.05) is 19.2 Å². The first-order chi connectivity index (χ1) is 9.69. The number of aliphatic hydroxyl groups excluding tert-OH is 1. The van der Waals surface area contributed by atoms with Crippen LogP contribution in [0.15, 0.2) is 16.8 Å². The van der Waals surface area contributed by atoms with Gasteiger partial charge in [0.1, 0.15) is 6.04 Å². The van der Waals surface area contributed by atoms with Gasteiger partial charge >= 0.3 is 0 Å². The molecule has 0 aliphatic heterocycles. The van der Waals surface area contributed by atoms with Crippen LogP contribution >= 0.6 is 11.3 Å². The summed E-state index contributed by atoms with van der Waals surface area (Å²) in [6.45, 7) is 3.87. The van der Waals surface area contributed by atoms with Gasteiger partial charge in [-0.1, -0.05) is 13.8 Å². The second kappa shape index (κ2) is 7.88. The molecule has 0 aliphatic rings. The highest BCUT2D eigenvalue weighted by atomic mass is 32.2. The molecule has 6 nitrogen and oxygen atoms in total. The average Bonchev–Trinajstić information content (AvgIpc) is 2.86. The van der Waals surface area contributed by atoms with E-state index in [1.165, 1.54) is 11.3 Å². The highest BCUT2D eigenvalue weighted by Gasteiger charge is 2.23. The number of nitrogens with one attached hydrogen (secondary N) is 2. The van der Waals surface area contributed by atoms with Crippen molar-refractivity contribution in [2.75, 3.05) is 12.8 Å². The van der Waals surface area contributed by atoms with Gasteiger partial charge in [-0.2, -0.15) is 11.3 Å². The van der Waals surface area contributed by atoms with Gasteiger partial charge < -0.3 is 10.4 Å². The molecule has 0 aromatic carbocycles. The van der Waals surface area contributed by atoms with Crippen molar-refractivity contribution in [3.63, 3.8) is 0 Å². The smallest absolute Gasteiger partial charge is 0.238 e. The molecule has 0 saturated heterocycles. The van der Waals surface area contributed by atoms with Crippen molar-refractivity contribution in [1.82, 2.24) is 10.0 Å². The molecule has 0 saturated carbocycles. The van der Waals surface area contributed by atoms with Gasteiger partial charge in [0.15, 0.2) is 0 Å². The number of hydrogen-bond acceptors (Lipinski definition) is 5. The van der Waals surface area contributed by atoms with Crippen molar-refractivity contribution in [3.8, 4) is 0 Å². The fraction of sp³-hybridized carbons (Fsp3) is 0.615. The first-order valence-corrected chi connectivity index (χ1v) is 9.47. The van der Waals surface area contributed by atoms with Crippen molar-refractivity contribution in [2.45, 2.75) is 32.4 Å². The fourth-order valence-corrected chi connectivity index (χ4v) is 3.27. The second-order valence-corrected chi connectivity index (χ2v) is 7.95. The molecule has 1 heterocycles. The van der Waals surface area contributed by atoms with Crippen LogP contribution in [0.4, 0.5) is 0 Å². The van der Waals surface area contributed by atoms with Crippen LogP contribution in [0, 0.1) is 5.92 Å². The topological polar surface area (TPSA) is 95.5 Å². The van der Waals surface area contributed by atoms with Crippen LogP contribution in [0.3, 0.4) is 0 Å². The van der Waals surface area contributed by atoms with E-state index in [-0.39, 0.29) is 12.5 Å². The van der Waals surface area contributed by atoms with E-state index in [0.717, 1.165) is 11.8 Å². The van der Waals surface area contributed by atoms with Gasteiger partial charge in [-0.3, -0.25) is 4.79 Å². The van der Waals surface area contributed by atoms with Crippen LogP contribution in [0.25, 0.3) is 0 Å². The van der Waals surface area contributed by atoms with E-state index in [9.17, 15) is 18.3 Å². The minimum absolute atomic E-state index is 0.0512. The van der Waals surface area contributed by atoms with Gasteiger partial charge in [-0.25, -0.2) is 13.1 Å². The molecule has 3 N–H and O–H groups in total. The lowest BCUT2D eigenvalue weighted by Crippen LogP contribution is -2.47. The number of thiophene rings is 1. The van der Waals surface area contributed by atoms with Crippen LogP contribution in [-0.4, -0.2) is 38.3 Å². The van der Waals surface area contributed by atoms with Crippen molar-refractivity contribution in [2.24, 2.45) is 5.92 Å². The van der Waals surface area contributed by atoms with Gasteiger partial charge in [0.05, 0.1) is 12.4 Å². The first-order valence-electron chi connectivity index (χ1n) is 6.64. The third-order valence-electron chi connectivity index (χ3n) is 2.78. The van der Waals surface area contributed by atoms with E-state index in [4.69, 9.17) is 0 Å². The zero-order valence-corrected chi connectivity index (χ0v) is 14.0. The lowest BCUT2D eigenvalue weighted by molar-refractivity contribution is -0.123. The standard InChI is InChI=1S/C13H22N2O4S2/c1-9(2)6-11(15-21(3,18)19)13(17)14-7-12(16)10-4-5-20-8-10/h4-5,8-9,11-12,15-16H,6-7H2,1-3H3,(H,14,17). The van der Waals surface area contributed by atoms with Gasteiger partial charge in [-0.05, 0) is 34.7 Å². The molecule has 0 bridgehead atoms. The summed E-state index contributed by atoms with van der Waals surface area (Å²) in [5.74, 6) is -0.264. The molecule has 2 atom stereocenters. The van der Waals surface area contributed by atoms with E-state index in [2.05, 4.69) is 10.0 Å². The minimum Gasteiger partial charge on any atom is -0.387 e. The van der Waals surface area contributed by atoms with Crippen molar-refractivity contribution in [3.05, 3.63) is 22.4 Å². The van der Waals surface area contributed by atoms with E-state index >= 15 is 0 Å². The Balaban J connectivity index is 2.59. The Hall–Kier alpha value is -0.960. The number of amides is 1. The minimum atomic E-state index is -3.47. The maximum atomic E-state index is 12.1. The average molecular weight is 334 g/mol. The van der Waals surface area contributed by atoms with E-state index < -0.39 is 28.1 Å². The Morgan fingerprint density at radius 2 is 2.10 bits per heavy atom. The number of sulfonamides is 1. The predicted octanol–water partition coefficient (Wildman–Crippen LogP) is 0.862. The molecule has 2 unspecified atom stereocenters. The number of rotatable bonds is 8. The Morgan fingerprint density at radius 1 is 1.43 bits per heavy atom. The zero-order valence-electron chi connectivity index (χ0n) is 12.4. The van der Waals surface area contributed by atoms with E-state index in [1.54, 1.807) is 11.4 Å². The normalized spacial score (nSPS) is 14.9. The van der Waals surface area contributed by atoms with Crippen LogP contribution < -0.4 is 10.0 Å². The van der Waals surface area contributed by atoms with Crippen molar-refractivity contribution < 1.29 is 18.3 Å². The van der Waals surface area contributed by atoms with Crippen molar-refractivity contribution in [1.29, 1.82) is 0 Å². The summed E-state index contributed by atoms with van der Waals surface area (Å²) < 4.78 is 25.0. The molecule has 1 aromatic rings. The maximum absolute atomic E-state index is 12.1. The summed E-state index contributed by atoms with van der Waals surface area (Å²) in [6, 6.07) is 0.955. The van der Waals surface area contributed by atoms with Crippen LogP contribution in [-0.2, 0) is 14.8 Å². The third-order valence-corrected chi connectivity index (χ3v) is 4.19. The van der Waals surface area contributed by atoms with Crippen LogP contribution in [0.1, 0.15) is 31.9 Å². The summed E-state index contributed by atoms with van der Waals surface area (Å²) in [6.07, 6.45) is 0.625. The first kappa shape index (κ1) is 18.1. The third kappa shape index (κ3) is 7.03. The molecule has 0 fully saturated rings. The van der Waals surface area contributed by atoms with Gasteiger partial charge in [-0.15, -0.1) is 0 Å². The summed E-state index contributed by atoms with van der Waals surface area (Å²) in [7, 11) is -3.47. The summed E-state index contributed by atoms with van der Waals surface area (Å²) in [5.41, 5.74) is 0.733. The summed E-state index contributed by atoms with van der Waals surface area (Å²) in [4.78, 5) is 12.1. The van der Waals surface area contributed by atoms with Gasteiger partial charge in [0.25, 0.3) is 0 Å². The number of carbonyl (C=O) groups excluding carboxylic acids is 1. The lowest BCUT2D eigenvalue weighted by atomic mass is 10.0. The maximum Gasteiger partial charge on any atom is 0.238 e. The van der Waals surface area contributed by atoms with E-state index in [0.29, 0.717) is 6.42 Å². The lowest BCUT2D eigenvalue weighted by Gasteiger charge is -2.20. The molecule has 120 valence electrons. The highest BCUT2D eigenvalue weighted by molar-refractivity contribution is 7.88. The predicted molar refractivity (Wildman–Crippen MR) is 83.5 cm³/mol. The molecule has 8 heteroatoms. The Labute approximate surface area is 129 Å². The molecule has 21 heavy (non-hydrogen) atoms. The number of carbonyl (C=O) groups is 1. The SMILES string of the molecule is CC(C)CC(NS(C)(=O)=O)C(=O)NCC(O)c1ccsc1. The fourth-order valence-electron chi connectivity index (χ4n) is 1.84. The zero-order chi connectivity index (χ0) is 16.0. The Bertz CT molecular complexity index is 541. The second-order valence-electron chi connectivity index (χ2n) is 5.39. The van der Waals surface area contributed by atoms with Crippen LogP contribution in [0.2, 0.25) is 0 Å². The Kier molecular flexibility index (Phi) is 6.79.